The quantitative estimate of drug-likeness (QED) is 0.414. The molecular weight excluding hydrogens is 452 g/mol. The first kappa shape index (κ1) is 24.3. The van der Waals surface area contributed by atoms with E-state index in [1.165, 1.54) is 5.56 Å². The molecule has 190 valence electrons. The summed E-state index contributed by atoms with van der Waals surface area (Å²) in [6.45, 7) is 3.24. The molecule has 1 atom stereocenters. The van der Waals surface area contributed by atoms with Crippen LogP contribution in [0.2, 0.25) is 0 Å². The zero-order chi connectivity index (χ0) is 25.1. The summed E-state index contributed by atoms with van der Waals surface area (Å²) < 4.78 is 0. The Kier molecular flexibility index (Phi) is 7.23. The summed E-state index contributed by atoms with van der Waals surface area (Å²) in [5, 5.41) is 6.59. The Morgan fingerprint density at radius 2 is 1.86 bits per heavy atom. The molecule has 2 aliphatic rings. The lowest BCUT2D eigenvalue weighted by atomic mass is 9.81. The first-order valence-corrected chi connectivity index (χ1v) is 13.1. The molecule has 36 heavy (non-hydrogen) atoms. The minimum absolute atomic E-state index is 0.0901. The highest BCUT2D eigenvalue weighted by Crippen LogP contribution is 2.36. The minimum atomic E-state index is -0.358. The number of pyridine rings is 1. The third-order valence-corrected chi connectivity index (χ3v) is 7.92. The molecule has 5 rings (SSSR count). The van der Waals surface area contributed by atoms with Gasteiger partial charge in [-0.15, -0.1) is 0 Å². The maximum Gasteiger partial charge on any atom is 0.321 e. The second kappa shape index (κ2) is 10.7. The molecule has 1 unspecified atom stereocenters. The Labute approximate surface area is 212 Å². The van der Waals surface area contributed by atoms with Gasteiger partial charge in [-0.3, -0.25) is 9.78 Å². The molecule has 2 fully saturated rings. The van der Waals surface area contributed by atoms with Crippen LogP contribution in [0.1, 0.15) is 55.6 Å². The van der Waals surface area contributed by atoms with Crippen molar-refractivity contribution in [3.63, 3.8) is 0 Å². The second-order valence-electron chi connectivity index (χ2n) is 10.4. The van der Waals surface area contributed by atoms with E-state index in [2.05, 4.69) is 32.9 Å². The number of carbonyl (C=O) groups is 2. The third kappa shape index (κ3) is 5.38. The number of aromatic nitrogens is 2. The molecule has 1 aromatic carbocycles. The van der Waals surface area contributed by atoms with E-state index in [9.17, 15) is 9.59 Å². The summed E-state index contributed by atoms with van der Waals surface area (Å²) in [6, 6.07) is 11.6. The van der Waals surface area contributed by atoms with Gasteiger partial charge in [0, 0.05) is 37.2 Å². The molecule has 1 saturated carbocycles. The van der Waals surface area contributed by atoms with Gasteiger partial charge in [-0.25, -0.2) is 4.79 Å². The van der Waals surface area contributed by atoms with Gasteiger partial charge in [-0.2, -0.15) is 0 Å². The number of nitrogens with two attached hydrogens (primary N) is 1. The summed E-state index contributed by atoms with van der Waals surface area (Å²) in [5.41, 5.74) is 11.2. The van der Waals surface area contributed by atoms with Crippen LogP contribution in [0.5, 0.6) is 0 Å². The van der Waals surface area contributed by atoms with Crippen molar-refractivity contribution < 1.29 is 9.59 Å². The number of aryl methyl sites for hydroxylation is 1. The third-order valence-electron chi connectivity index (χ3n) is 7.92. The predicted octanol–water partition coefficient (Wildman–Crippen LogP) is 4.29. The molecule has 8 nitrogen and oxygen atoms in total. The molecule has 1 aliphatic heterocycles. The number of fused-ring (bicyclic) bond motifs is 1. The van der Waals surface area contributed by atoms with Crippen molar-refractivity contribution in [3.8, 4) is 0 Å². The minimum Gasteiger partial charge on any atom is -0.368 e. The van der Waals surface area contributed by atoms with Crippen LogP contribution in [0.3, 0.4) is 0 Å². The van der Waals surface area contributed by atoms with Crippen molar-refractivity contribution in [2.45, 2.75) is 63.5 Å². The number of urea groups is 1. The Bertz CT molecular complexity index is 1210. The van der Waals surface area contributed by atoms with Crippen LogP contribution in [-0.4, -0.2) is 52.0 Å². The maximum absolute atomic E-state index is 12.7. The summed E-state index contributed by atoms with van der Waals surface area (Å²) in [6.07, 6.45) is 9.61. The van der Waals surface area contributed by atoms with Crippen molar-refractivity contribution in [1.82, 2.24) is 20.2 Å². The average Bonchev–Trinajstić information content (AvgIpc) is 3.32. The van der Waals surface area contributed by atoms with Crippen LogP contribution < -0.4 is 16.4 Å². The number of nitrogens with zero attached hydrogens (tertiary/aromatic N) is 2. The summed E-state index contributed by atoms with van der Waals surface area (Å²) in [4.78, 5) is 34.9. The predicted molar refractivity (Wildman–Crippen MR) is 142 cm³/mol. The van der Waals surface area contributed by atoms with E-state index in [1.54, 1.807) is 0 Å². The van der Waals surface area contributed by atoms with E-state index in [-0.39, 0.29) is 29.9 Å². The SMILES string of the molecule is Cc1cccc(NC(=O)N2CCC(C(NC3CCC(c4c[nH]c5cccnc45)CC3)C(N)=O)CC2)c1. The molecule has 0 bridgehead atoms. The van der Waals surface area contributed by atoms with Crippen LogP contribution in [0.25, 0.3) is 11.0 Å². The molecular formula is C28H36N6O2. The van der Waals surface area contributed by atoms with Gasteiger partial charge in [0.1, 0.15) is 0 Å². The molecule has 5 N–H and O–H groups in total. The number of aromatic amines is 1. The van der Waals surface area contributed by atoms with Gasteiger partial charge in [0.05, 0.1) is 17.1 Å². The summed E-state index contributed by atoms with van der Waals surface area (Å²) >= 11 is 0. The van der Waals surface area contributed by atoms with Crippen LogP contribution in [0.15, 0.2) is 48.8 Å². The molecule has 0 spiro atoms. The standard InChI is InChI=1S/C28H36N6O2/c1-18-4-2-5-22(16-18)33-28(36)34-14-11-20(12-15-34)25(27(29)35)32-21-9-7-19(8-10-21)23-17-31-24-6-3-13-30-26(23)24/h2-6,13,16-17,19-21,25,31-32H,7-12,14-15H2,1H3,(H2,29,35)(H,33,36). The Morgan fingerprint density at radius 1 is 1.08 bits per heavy atom. The number of benzene rings is 1. The number of hydrogen-bond donors (Lipinski definition) is 4. The molecule has 0 radical (unpaired) electrons. The number of anilines is 1. The fraction of sp³-hybridized carbons (Fsp3) is 0.464. The van der Waals surface area contributed by atoms with Gasteiger partial charge in [-0.05, 0) is 92.7 Å². The fourth-order valence-electron chi connectivity index (χ4n) is 5.92. The number of primary amides is 1. The summed E-state index contributed by atoms with van der Waals surface area (Å²) in [7, 11) is 0. The van der Waals surface area contributed by atoms with Crippen molar-refractivity contribution in [3.05, 3.63) is 59.9 Å². The largest absolute Gasteiger partial charge is 0.368 e. The highest BCUT2D eigenvalue weighted by molar-refractivity contribution is 5.89. The number of H-pyrrole nitrogens is 1. The van der Waals surface area contributed by atoms with Crippen molar-refractivity contribution in [2.75, 3.05) is 18.4 Å². The van der Waals surface area contributed by atoms with Crippen LogP contribution in [0.4, 0.5) is 10.5 Å². The molecule has 3 heterocycles. The van der Waals surface area contributed by atoms with E-state index in [0.717, 1.165) is 60.8 Å². The van der Waals surface area contributed by atoms with E-state index < -0.39 is 0 Å². The second-order valence-corrected chi connectivity index (χ2v) is 10.4. The molecule has 1 aliphatic carbocycles. The van der Waals surface area contributed by atoms with Gasteiger partial charge in [0.15, 0.2) is 0 Å². The van der Waals surface area contributed by atoms with Crippen LogP contribution in [-0.2, 0) is 4.79 Å². The number of hydrogen-bond acceptors (Lipinski definition) is 4. The lowest BCUT2D eigenvalue weighted by Crippen LogP contribution is -2.54. The van der Waals surface area contributed by atoms with Crippen molar-refractivity contribution >= 4 is 28.7 Å². The molecule has 2 aromatic heterocycles. The molecule has 3 aromatic rings. The Morgan fingerprint density at radius 3 is 2.58 bits per heavy atom. The van der Waals surface area contributed by atoms with Gasteiger partial charge in [0.25, 0.3) is 0 Å². The molecule has 3 amide bonds. The molecule has 8 heteroatoms. The van der Waals surface area contributed by atoms with E-state index in [0.29, 0.717) is 19.0 Å². The van der Waals surface area contributed by atoms with Gasteiger partial charge >= 0.3 is 6.03 Å². The average molecular weight is 489 g/mol. The lowest BCUT2D eigenvalue weighted by molar-refractivity contribution is -0.122. The van der Waals surface area contributed by atoms with Crippen molar-refractivity contribution in [2.24, 2.45) is 11.7 Å². The van der Waals surface area contributed by atoms with E-state index in [1.807, 2.05) is 48.4 Å². The summed E-state index contributed by atoms with van der Waals surface area (Å²) in [5.74, 6) is 0.329. The fourth-order valence-corrected chi connectivity index (χ4v) is 5.92. The van der Waals surface area contributed by atoms with Crippen LogP contribution in [0, 0.1) is 12.8 Å². The zero-order valence-corrected chi connectivity index (χ0v) is 20.9. The maximum atomic E-state index is 12.7. The van der Waals surface area contributed by atoms with Crippen molar-refractivity contribution in [1.29, 1.82) is 0 Å². The molecule has 1 saturated heterocycles. The number of amides is 3. The van der Waals surface area contributed by atoms with Gasteiger partial charge < -0.3 is 26.3 Å². The van der Waals surface area contributed by atoms with E-state index in [4.69, 9.17) is 5.73 Å². The normalized spacial score (nSPS) is 21.9. The zero-order valence-electron chi connectivity index (χ0n) is 20.9. The number of piperidine rings is 1. The Hall–Kier alpha value is -3.39. The number of rotatable bonds is 6. The van der Waals surface area contributed by atoms with E-state index >= 15 is 0 Å². The van der Waals surface area contributed by atoms with Crippen LogP contribution >= 0.6 is 0 Å². The topological polar surface area (TPSA) is 116 Å². The highest BCUT2D eigenvalue weighted by atomic mass is 16.2. The van der Waals surface area contributed by atoms with Gasteiger partial charge in [0.2, 0.25) is 5.91 Å². The lowest BCUT2D eigenvalue weighted by Gasteiger charge is -2.38. The number of carbonyl (C=O) groups excluding carboxylic acids is 2. The van der Waals surface area contributed by atoms with Gasteiger partial charge in [-0.1, -0.05) is 12.1 Å². The number of likely N-dealkylation sites (tertiary alicyclic amines) is 1. The number of nitrogens with one attached hydrogen (secondary N) is 3. The highest BCUT2D eigenvalue weighted by Gasteiger charge is 2.34. The Balaban J connectivity index is 1.13. The first-order chi connectivity index (χ1) is 17.5. The first-order valence-electron chi connectivity index (χ1n) is 13.1. The smallest absolute Gasteiger partial charge is 0.321 e. The monoisotopic (exact) mass is 488 g/mol.